The number of aliphatic hydroxyl groups is 3. The molecule has 0 aliphatic heterocycles. The van der Waals surface area contributed by atoms with Crippen LogP contribution in [0.3, 0.4) is 0 Å². The second kappa shape index (κ2) is 10.1. The zero-order valence-corrected chi connectivity index (χ0v) is 23.6. The highest BCUT2D eigenvalue weighted by molar-refractivity contribution is 6.24. The molecular formula is C31H32FN3O7. The molecule has 0 spiro atoms. The zero-order chi connectivity index (χ0) is 30.8. The number of primary amides is 1. The number of phenols is 1. The Balaban J connectivity index is 1.70. The van der Waals surface area contributed by atoms with Crippen molar-refractivity contribution in [2.75, 3.05) is 33.1 Å². The molecule has 220 valence electrons. The lowest BCUT2D eigenvalue weighted by atomic mass is 9.57. The monoisotopic (exact) mass is 577 g/mol. The van der Waals surface area contributed by atoms with Crippen molar-refractivity contribution in [2.45, 2.75) is 24.5 Å². The number of carbonyl (C=O) groups is 3. The molecule has 11 heteroatoms. The van der Waals surface area contributed by atoms with Gasteiger partial charge in [-0.25, -0.2) is 4.39 Å². The van der Waals surface area contributed by atoms with E-state index >= 15 is 0 Å². The number of fused-ring (bicyclic) bond motifs is 3. The number of nitrogens with zero attached hydrogens (tertiary/aromatic N) is 2. The Morgan fingerprint density at radius 3 is 2.29 bits per heavy atom. The largest absolute Gasteiger partial charge is 0.508 e. The Hall–Kier alpha value is -4.48. The van der Waals surface area contributed by atoms with Crippen LogP contribution in [0.4, 0.5) is 10.1 Å². The summed E-state index contributed by atoms with van der Waals surface area (Å²) in [5.41, 5.74) is 3.77. The number of phenolic OH excluding ortho intramolecular Hbond substituents is 1. The maximum Gasteiger partial charge on any atom is 0.255 e. The predicted octanol–water partition coefficient (Wildman–Crippen LogP) is 2.34. The van der Waals surface area contributed by atoms with Gasteiger partial charge >= 0.3 is 0 Å². The van der Waals surface area contributed by atoms with Crippen molar-refractivity contribution in [3.63, 3.8) is 0 Å². The third-order valence-electron chi connectivity index (χ3n) is 8.53. The van der Waals surface area contributed by atoms with Crippen LogP contribution < -0.4 is 10.6 Å². The molecule has 0 saturated heterocycles. The lowest BCUT2D eigenvalue weighted by molar-refractivity contribution is -0.153. The molecule has 0 heterocycles. The van der Waals surface area contributed by atoms with Crippen molar-refractivity contribution in [1.29, 1.82) is 0 Å². The number of benzene rings is 2. The van der Waals surface area contributed by atoms with E-state index in [1.165, 1.54) is 17.0 Å². The molecule has 2 aromatic carbocycles. The topological polar surface area (TPSA) is 165 Å². The molecule has 10 nitrogen and oxygen atoms in total. The lowest BCUT2D eigenvalue weighted by Gasteiger charge is -2.50. The number of ketones is 2. The standard InChI is InChI=1S/C31H32FN3O7/c1-34(2)20-13-15(8-5-14-6-9-17(32)10-7-14)25(36)22-18(20)11-16-12-19-24(35(3)4)27(38)23(30(33)41)29(40)31(19,42)28(39)21(16)26(22)37/h5-10,13,16,19,24,36-37,40,42H,11-12H2,1-4H3,(H2,33,41)/b8-5+/t16-,19-,24-,31-/m1/s1. The third kappa shape index (κ3) is 4.19. The average Bonchev–Trinajstić information content (AvgIpc) is 2.90. The molecule has 1 amide bonds. The van der Waals surface area contributed by atoms with Gasteiger partial charge in [-0.2, -0.15) is 0 Å². The molecule has 3 aliphatic rings. The molecule has 5 rings (SSSR count). The van der Waals surface area contributed by atoms with Crippen LogP contribution in [-0.2, 0) is 20.8 Å². The van der Waals surface area contributed by atoms with Gasteiger partial charge in [-0.15, -0.1) is 0 Å². The molecule has 6 N–H and O–H groups in total. The first kappa shape index (κ1) is 29.0. The van der Waals surface area contributed by atoms with E-state index in [4.69, 9.17) is 5.73 Å². The minimum Gasteiger partial charge on any atom is -0.508 e. The quantitative estimate of drug-likeness (QED) is 0.265. The van der Waals surface area contributed by atoms with Crippen LogP contribution in [0.2, 0.25) is 0 Å². The van der Waals surface area contributed by atoms with Crippen LogP contribution in [0.5, 0.6) is 5.75 Å². The molecule has 3 aliphatic carbocycles. The first-order chi connectivity index (χ1) is 19.7. The highest BCUT2D eigenvalue weighted by Gasteiger charge is 2.64. The number of halogens is 1. The number of aromatic hydroxyl groups is 1. The van der Waals surface area contributed by atoms with Gasteiger partial charge in [0, 0.05) is 36.8 Å². The Kier molecular flexibility index (Phi) is 6.99. The van der Waals surface area contributed by atoms with Gasteiger partial charge in [-0.1, -0.05) is 24.3 Å². The molecule has 4 atom stereocenters. The van der Waals surface area contributed by atoms with Crippen LogP contribution in [0, 0.1) is 17.7 Å². The van der Waals surface area contributed by atoms with Gasteiger partial charge in [0.1, 0.15) is 28.7 Å². The minimum atomic E-state index is -2.70. The first-order valence-corrected chi connectivity index (χ1v) is 13.3. The first-order valence-electron chi connectivity index (χ1n) is 13.3. The molecule has 1 fully saturated rings. The van der Waals surface area contributed by atoms with Gasteiger partial charge in [-0.05, 0) is 62.2 Å². The number of anilines is 1. The highest BCUT2D eigenvalue weighted by atomic mass is 19.1. The second-order valence-corrected chi connectivity index (χ2v) is 11.4. The number of amides is 1. The Bertz CT molecular complexity index is 1620. The van der Waals surface area contributed by atoms with Gasteiger partial charge in [0.2, 0.25) is 5.78 Å². The van der Waals surface area contributed by atoms with Gasteiger partial charge < -0.3 is 31.1 Å². The molecule has 2 aromatic rings. The van der Waals surface area contributed by atoms with Gasteiger partial charge in [0.05, 0.1) is 11.6 Å². The van der Waals surface area contributed by atoms with Crippen LogP contribution in [-0.4, -0.2) is 82.6 Å². The number of hydrogen-bond acceptors (Lipinski definition) is 9. The highest BCUT2D eigenvalue weighted by Crippen LogP contribution is 2.54. The Morgan fingerprint density at radius 2 is 1.71 bits per heavy atom. The number of nitrogens with two attached hydrogens (primary N) is 1. The molecule has 0 radical (unpaired) electrons. The van der Waals surface area contributed by atoms with Crippen LogP contribution in [0.1, 0.15) is 28.7 Å². The van der Waals surface area contributed by atoms with E-state index in [2.05, 4.69) is 0 Å². The lowest BCUT2D eigenvalue weighted by Crippen LogP contribution is -2.65. The van der Waals surface area contributed by atoms with Crippen LogP contribution >= 0.6 is 0 Å². The summed E-state index contributed by atoms with van der Waals surface area (Å²) in [4.78, 5) is 42.7. The van der Waals surface area contributed by atoms with Gasteiger partial charge in [-0.3, -0.25) is 19.3 Å². The van der Waals surface area contributed by atoms with E-state index < -0.39 is 63.9 Å². The zero-order valence-electron chi connectivity index (χ0n) is 23.6. The van der Waals surface area contributed by atoms with Crippen LogP contribution in [0.15, 0.2) is 47.2 Å². The fourth-order valence-electron chi connectivity index (χ4n) is 6.60. The number of hydrogen-bond donors (Lipinski definition) is 5. The van der Waals surface area contributed by atoms with E-state index in [1.807, 2.05) is 0 Å². The summed E-state index contributed by atoms with van der Waals surface area (Å²) < 4.78 is 13.3. The molecule has 0 bridgehead atoms. The van der Waals surface area contributed by atoms with Crippen molar-refractivity contribution < 1.29 is 39.2 Å². The number of carbonyl (C=O) groups excluding carboxylic acids is 3. The molecule has 0 unspecified atom stereocenters. The summed E-state index contributed by atoms with van der Waals surface area (Å²) >= 11 is 0. The third-order valence-corrected chi connectivity index (χ3v) is 8.53. The maximum atomic E-state index is 14.1. The average molecular weight is 578 g/mol. The molecule has 1 saturated carbocycles. The summed E-state index contributed by atoms with van der Waals surface area (Å²) in [6.45, 7) is 0. The van der Waals surface area contributed by atoms with Gasteiger partial charge in [0.25, 0.3) is 5.91 Å². The van der Waals surface area contributed by atoms with Gasteiger partial charge in [0.15, 0.2) is 11.4 Å². The Morgan fingerprint density at radius 1 is 1.07 bits per heavy atom. The number of likely N-dealkylation sites (N-methyl/N-ethyl adjacent to an activating group) is 1. The minimum absolute atomic E-state index is 0.00348. The molecule has 42 heavy (non-hydrogen) atoms. The fraction of sp³-hybridized carbons (Fsp3) is 0.323. The summed E-state index contributed by atoms with van der Waals surface area (Å²) in [5, 5.41) is 45.7. The SMILES string of the molecule is CN(C)c1cc(/C=C/c2ccc(F)cc2)c(O)c2c1C[C@@H]1C[C@@H]3[C@@H](N(C)C)C(=O)C(C(N)=O)=C(O)[C@]3(O)C(=O)C1=C2O. The van der Waals surface area contributed by atoms with Crippen molar-refractivity contribution in [1.82, 2.24) is 4.90 Å². The number of Topliss-reactive ketones (excluding diaryl/α,β-unsaturated/α-hetero) is 2. The van der Waals surface area contributed by atoms with Crippen molar-refractivity contribution in [3.8, 4) is 5.75 Å². The Labute approximate surface area is 241 Å². The van der Waals surface area contributed by atoms with E-state index in [1.54, 1.807) is 63.4 Å². The van der Waals surface area contributed by atoms with E-state index in [9.17, 15) is 39.2 Å². The van der Waals surface area contributed by atoms with E-state index in [-0.39, 0.29) is 29.7 Å². The smallest absolute Gasteiger partial charge is 0.255 e. The number of rotatable bonds is 5. The summed E-state index contributed by atoms with van der Waals surface area (Å²) in [6.07, 6.45) is 3.43. The van der Waals surface area contributed by atoms with Crippen molar-refractivity contribution >= 4 is 41.1 Å². The molecular weight excluding hydrogens is 545 g/mol. The maximum absolute atomic E-state index is 14.1. The summed E-state index contributed by atoms with van der Waals surface area (Å²) in [7, 11) is 6.68. The fourth-order valence-corrected chi connectivity index (χ4v) is 6.60. The second-order valence-electron chi connectivity index (χ2n) is 11.4. The summed E-state index contributed by atoms with van der Waals surface area (Å²) in [6, 6.07) is 6.30. The van der Waals surface area contributed by atoms with Crippen LogP contribution in [0.25, 0.3) is 17.9 Å². The molecule has 0 aromatic heterocycles. The summed E-state index contributed by atoms with van der Waals surface area (Å²) in [5.74, 6) is -7.39. The van der Waals surface area contributed by atoms with E-state index in [0.717, 1.165) is 0 Å². The van der Waals surface area contributed by atoms with Crippen molar-refractivity contribution in [2.24, 2.45) is 17.6 Å². The normalized spacial score (nSPS) is 25.5. The van der Waals surface area contributed by atoms with Crippen molar-refractivity contribution in [3.05, 3.63) is 75.3 Å². The van der Waals surface area contributed by atoms with E-state index in [0.29, 0.717) is 22.4 Å². The number of aliphatic hydroxyl groups excluding tert-OH is 2. The predicted molar refractivity (Wildman–Crippen MR) is 154 cm³/mol.